The SMILES string of the molecule is CC(C)(C)C1CCCC(O)(c2cnc(N)s2)CC1. The highest BCUT2D eigenvalue weighted by Gasteiger charge is 2.37. The minimum Gasteiger partial charge on any atom is -0.384 e. The molecule has 2 unspecified atom stereocenters. The summed E-state index contributed by atoms with van der Waals surface area (Å²) in [6.45, 7) is 6.90. The van der Waals surface area contributed by atoms with E-state index >= 15 is 0 Å². The van der Waals surface area contributed by atoms with Crippen molar-refractivity contribution >= 4 is 16.5 Å². The number of nitrogens with two attached hydrogens (primary N) is 1. The van der Waals surface area contributed by atoms with Crippen LogP contribution in [0, 0.1) is 11.3 Å². The zero-order valence-electron chi connectivity index (χ0n) is 11.6. The number of aliphatic hydroxyl groups is 1. The van der Waals surface area contributed by atoms with Crippen molar-refractivity contribution < 1.29 is 5.11 Å². The Morgan fingerprint density at radius 1 is 1.39 bits per heavy atom. The van der Waals surface area contributed by atoms with Crippen LogP contribution >= 0.6 is 11.3 Å². The van der Waals surface area contributed by atoms with Crippen LogP contribution in [0.5, 0.6) is 0 Å². The largest absolute Gasteiger partial charge is 0.384 e. The monoisotopic (exact) mass is 268 g/mol. The molecule has 1 saturated carbocycles. The summed E-state index contributed by atoms with van der Waals surface area (Å²) in [5, 5.41) is 11.4. The normalized spacial score (nSPS) is 30.1. The molecule has 1 aliphatic carbocycles. The average molecular weight is 268 g/mol. The molecule has 1 aliphatic rings. The van der Waals surface area contributed by atoms with Gasteiger partial charge < -0.3 is 10.8 Å². The molecule has 0 aliphatic heterocycles. The highest BCUT2D eigenvalue weighted by molar-refractivity contribution is 7.15. The van der Waals surface area contributed by atoms with Crippen LogP contribution in [0.1, 0.15) is 57.8 Å². The first kappa shape index (κ1) is 13.8. The molecule has 0 saturated heterocycles. The Balaban J connectivity index is 2.13. The van der Waals surface area contributed by atoms with Crippen molar-refractivity contribution in [2.24, 2.45) is 11.3 Å². The molecular weight excluding hydrogens is 244 g/mol. The van der Waals surface area contributed by atoms with Crippen molar-refractivity contribution in [1.29, 1.82) is 0 Å². The van der Waals surface area contributed by atoms with E-state index in [4.69, 9.17) is 5.73 Å². The van der Waals surface area contributed by atoms with Crippen molar-refractivity contribution in [2.45, 2.75) is 58.5 Å². The molecule has 2 atom stereocenters. The molecule has 2 rings (SSSR count). The highest BCUT2D eigenvalue weighted by atomic mass is 32.1. The van der Waals surface area contributed by atoms with Gasteiger partial charge in [0.25, 0.3) is 0 Å². The number of anilines is 1. The van der Waals surface area contributed by atoms with Gasteiger partial charge in [-0.2, -0.15) is 0 Å². The van der Waals surface area contributed by atoms with Gasteiger partial charge in [-0.1, -0.05) is 32.1 Å². The van der Waals surface area contributed by atoms with Crippen molar-refractivity contribution in [2.75, 3.05) is 5.73 Å². The van der Waals surface area contributed by atoms with Crippen LogP contribution in [-0.4, -0.2) is 10.1 Å². The van der Waals surface area contributed by atoms with Crippen LogP contribution in [-0.2, 0) is 5.60 Å². The van der Waals surface area contributed by atoms with E-state index in [9.17, 15) is 5.11 Å². The second-order valence-corrected chi connectivity index (χ2v) is 7.65. The molecule has 1 fully saturated rings. The molecule has 0 aromatic carbocycles. The Morgan fingerprint density at radius 2 is 2.11 bits per heavy atom. The van der Waals surface area contributed by atoms with Gasteiger partial charge in [0.15, 0.2) is 5.13 Å². The summed E-state index contributed by atoms with van der Waals surface area (Å²) in [6, 6.07) is 0. The molecule has 18 heavy (non-hydrogen) atoms. The minimum atomic E-state index is -0.699. The summed E-state index contributed by atoms with van der Waals surface area (Å²) < 4.78 is 0. The molecule has 1 heterocycles. The standard InChI is InChI=1S/C14H24N2OS/c1-13(2,3)10-5-4-7-14(17,8-6-10)11-9-16-12(15)18-11/h9-10,17H,4-8H2,1-3H3,(H2,15,16). The Hall–Kier alpha value is -0.610. The number of nitrogens with zero attached hydrogens (tertiary/aromatic N) is 1. The Kier molecular flexibility index (Phi) is 3.70. The molecule has 102 valence electrons. The smallest absolute Gasteiger partial charge is 0.180 e. The fourth-order valence-corrected chi connectivity index (χ4v) is 3.77. The lowest BCUT2D eigenvalue weighted by molar-refractivity contribution is 0.0214. The molecule has 1 aromatic rings. The second kappa shape index (κ2) is 4.82. The fraction of sp³-hybridized carbons (Fsp3) is 0.786. The van der Waals surface area contributed by atoms with Gasteiger partial charge in [0.2, 0.25) is 0 Å². The maximum atomic E-state index is 10.8. The lowest BCUT2D eigenvalue weighted by Crippen LogP contribution is -2.24. The topological polar surface area (TPSA) is 59.1 Å². The molecule has 3 nitrogen and oxygen atoms in total. The molecule has 0 bridgehead atoms. The Bertz CT molecular complexity index is 410. The molecule has 0 spiro atoms. The van der Waals surface area contributed by atoms with Crippen molar-refractivity contribution in [1.82, 2.24) is 4.98 Å². The third kappa shape index (κ3) is 2.86. The van der Waals surface area contributed by atoms with E-state index in [0.717, 1.165) is 30.6 Å². The van der Waals surface area contributed by atoms with Crippen molar-refractivity contribution in [3.8, 4) is 0 Å². The molecular formula is C14H24N2OS. The van der Waals surface area contributed by atoms with E-state index in [1.165, 1.54) is 17.8 Å². The molecule has 4 heteroatoms. The van der Waals surface area contributed by atoms with E-state index < -0.39 is 5.60 Å². The first-order chi connectivity index (χ1) is 8.31. The van der Waals surface area contributed by atoms with Gasteiger partial charge in [-0.25, -0.2) is 4.98 Å². The number of hydrogen-bond acceptors (Lipinski definition) is 4. The van der Waals surface area contributed by atoms with E-state index in [1.54, 1.807) is 6.20 Å². The molecule has 3 N–H and O–H groups in total. The van der Waals surface area contributed by atoms with Crippen LogP contribution in [0.15, 0.2) is 6.20 Å². The summed E-state index contributed by atoms with van der Waals surface area (Å²) in [7, 11) is 0. The predicted molar refractivity (Wildman–Crippen MR) is 76.5 cm³/mol. The fourth-order valence-electron chi connectivity index (χ4n) is 2.94. The van der Waals surface area contributed by atoms with Crippen LogP contribution in [0.3, 0.4) is 0 Å². The average Bonchev–Trinajstić information content (AvgIpc) is 2.58. The van der Waals surface area contributed by atoms with Gasteiger partial charge in [0.05, 0.1) is 4.88 Å². The van der Waals surface area contributed by atoms with Gasteiger partial charge in [0, 0.05) is 6.20 Å². The lowest BCUT2D eigenvalue weighted by Gasteiger charge is -2.30. The van der Waals surface area contributed by atoms with Crippen LogP contribution in [0.2, 0.25) is 0 Å². The van der Waals surface area contributed by atoms with Gasteiger partial charge >= 0.3 is 0 Å². The summed E-state index contributed by atoms with van der Waals surface area (Å²) in [5.41, 5.74) is 5.31. The zero-order chi connectivity index (χ0) is 13.4. The maximum absolute atomic E-state index is 10.8. The van der Waals surface area contributed by atoms with Gasteiger partial charge in [-0.3, -0.25) is 0 Å². The van der Waals surface area contributed by atoms with E-state index in [0.29, 0.717) is 16.5 Å². The molecule has 1 aromatic heterocycles. The third-order valence-electron chi connectivity index (χ3n) is 4.26. The minimum absolute atomic E-state index is 0.331. The number of nitrogen functional groups attached to an aromatic ring is 1. The molecule has 0 amide bonds. The van der Waals surface area contributed by atoms with Crippen LogP contribution < -0.4 is 5.73 Å². The van der Waals surface area contributed by atoms with E-state index in [1.807, 2.05) is 0 Å². The molecule has 0 radical (unpaired) electrons. The predicted octanol–water partition coefficient (Wildman–Crippen LogP) is 3.54. The summed E-state index contributed by atoms with van der Waals surface area (Å²) in [5.74, 6) is 0.691. The highest BCUT2D eigenvalue weighted by Crippen LogP contribution is 2.44. The van der Waals surface area contributed by atoms with Crippen molar-refractivity contribution in [3.05, 3.63) is 11.1 Å². The quantitative estimate of drug-likeness (QED) is 0.766. The first-order valence-electron chi connectivity index (χ1n) is 6.75. The number of aromatic nitrogens is 1. The summed E-state index contributed by atoms with van der Waals surface area (Å²) in [6.07, 6.45) is 6.78. The Labute approximate surface area is 113 Å². The number of rotatable bonds is 1. The van der Waals surface area contributed by atoms with Gasteiger partial charge in [-0.05, 0) is 43.4 Å². The number of hydrogen-bond donors (Lipinski definition) is 2. The Morgan fingerprint density at radius 3 is 2.67 bits per heavy atom. The lowest BCUT2D eigenvalue weighted by atomic mass is 9.76. The van der Waals surface area contributed by atoms with Gasteiger partial charge in [-0.15, -0.1) is 0 Å². The van der Waals surface area contributed by atoms with Crippen LogP contribution in [0.25, 0.3) is 0 Å². The van der Waals surface area contributed by atoms with Crippen molar-refractivity contribution in [3.63, 3.8) is 0 Å². The van der Waals surface area contributed by atoms with Gasteiger partial charge in [0.1, 0.15) is 5.60 Å². The van der Waals surface area contributed by atoms with E-state index in [-0.39, 0.29) is 0 Å². The number of thiazole rings is 1. The van der Waals surface area contributed by atoms with Crippen LogP contribution in [0.4, 0.5) is 5.13 Å². The summed E-state index contributed by atoms with van der Waals surface area (Å²) >= 11 is 1.43. The zero-order valence-corrected chi connectivity index (χ0v) is 12.4. The summed E-state index contributed by atoms with van der Waals surface area (Å²) in [4.78, 5) is 5.01. The second-order valence-electron chi connectivity index (χ2n) is 6.59. The maximum Gasteiger partial charge on any atom is 0.180 e. The third-order valence-corrected chi connectivity index (χ3v) is 5.28. The van der Waals surface area contributed by atoms with E-state index in [2.05, 4.69) is 25.8 Å². The first-order valence-corrected chi connectivity index (χ1v) is 7.57.